The number of amides is 2. The lowest BCUT2D eigenvalue weighted by molar-refractivity contribution is -0.137. The molecule has 3 aromatic carbocycles. The molecule has 0 radical (unpaired) electrons. The van der Waals surface area contributed by atoms with E-state index in [0.717, 1.165) is 34.9 Å². The second-order valence-corrected chi connectivity index (χ2v) is 9.69. The summed E-state index contributed by atoms with van der Waals surface area (Å²) >= 11 is 5.97. The minimum atomic E-state index is -4.55. The molecule has 1 N–H and O–H groups in total. The summed E-state index contributed by atoms with van der Waals surface area (Å²) in [5.74, 6) is -0.500. The van der Waals surface area contributed by atoms with E-state index in [1.807, 2.05) is 59.5 Å². The van der Waals surface area contributed by atoms with Gasteiger partial charge in [0.15, 0.2) is 0 Å². The van der Waals surface area contributed by atoms with Gasteiger partial charge in [-0.2, -0.15) is 17.9 Å². The van der Waals surface area contributed by atoms with Gasteiger partial charge in [0.1, 0.15) is 5.69 Å². The molecule has 1 saturated heterocycles. The van der Waals surface area contributed by atoms with Crippen molar-refractivity contribution in [1.82, 2.24) is 24.8 Å². The number of hydrogen-bond acceptors (Lipinski definition) is 5. The van der Waals surface area contributed by atoms with Crippen molar-refractivity contribution in [3.05, 3.63) is 89.6 Å². The smallest absolute Gasteiger partial charge is 0.324 e. The van der Waals surface area contributed by atoms with Crippen LogP contribution in [0.15, 0.2) is 79.0 Å². The van der Waals surface area contributed by atoms with Crippen LogP contribution in [0, 0.1) is 0 Å². The fourth-order valence-electron chi connectivity index (χ4n) is 4.39. The van der Waals surface area contributed by atoms with Crippen LogP contribution < -0.4 is 5.32 Å². The Kier molecular flexibility index (Phi) is 7.85. The quantitative estimate of drug-likeness (QED) is 0.343. The topological polar surface area (TPSA) is 83.4 Å². The normalized spacial score (nSPS) is 14.2. The van der Waals surface area contributed by atoms with Gasteiger partial charge in [-0.25, -0.2) is 4.79 Å². The molecule has 40 heavy (non-hydrogen) atoms. The highest BCUT2D eigenvalue weighted by molar-refractivity contribution is 6.33. The number of aromatic nitrogens is 3. The first-order valence-corrected chi connectivity index (χ1v) is 12.8. The van der Waals surface area contributed by atoms with Crippen LogP contribution in [0.5, 0.6) is 0 Å². The van der Waals surface area contributed by atoms with E-state index >= 15 is 0 Å². The summed E-state index contributed by atoms with van der Waals surface area (Å²) in [4.78, 5) is 28.9. The number of alkyl halides is 3. The second-order valence-electron chi connectivity index (χ2n) is 9.28. The molecule has 0 unspecified atom stereocenters. The Bertz CT molecular complexity index is 1500. The molecule has 12 heteroatoms. The highest BCUT2D eigenvalue weighted by Crippen LogP contribution is 2.33. The van der Waals surface area contributed by atoms with Gasteiger partial charge in [0, 0.05) is 31.7 Å². The maximum atomic E-state index is 13.0. The third-order valence-electron chi connectivity index (χ3n) is 6.55. The lowest BCUT2D eigenvalue weighted by Crippen LogP contribution is -2.51. The average Bonchev–Trinajstić information content (AvgIpc) is 3.45. The molecule has 2 amide bonds. The molecule has 0 aliphatic carbocycles. The number of nitrogens with zero attached hydrogens (tertiary/aromatic N) is 5. The number of piperazine rings is 1. The van der Waals surface area contributed by atoms with E-state index in [-0.39, 0.29) is 23.3 Å². The van der Waals surface area contributed by atoms with Gasteiger partial charge in [-0.3, -0.25) is 9.69 Å². The van der Waals surface area contributed by atoms with Crippen LogP contribution in [0.1, 0.15) is 5.56 Å². The molecule has 1 aliphatic heterocycles. The predicted molar refractivity (Wildman–Crippen MR) is 145 cm³/mol. The number of benzene rings is 3. The molecule has 1 aliphatic rings. The summed E-state index contributed by atoms with van der Waals surface area (Å²) in [5.41, 5.74) is 2.56. The molecule has 0 spiro atoms. The zero-order valence-corrected chi connectivity index (χ0v) is 21.9. The fourth-order valence-corrected chi connectivity index (χ4v) is 4.55. The van der Waals surface area contributed by atoms with Gasteiger partial charge in [-0.1, -0.05) is 71.4 Å². The van der Waals surface area contributed by atoms with Crippen molar-refractivity contribution in [2.45, 2.75) is 6.18 Å². The first kappa shape index (κ1) is 27.4. The van der Waals surface area contributed by atoms with Gasteiger partial charge in [0.05, 0.1) is 29.0 Å². The van der Waals surface area contributed by atoms with E-state index in [9.17, 15) is 22.8 Å². The SMILES string of the molecule is O=C(CN1CCN(C(=O)n2cc(-c3ccc(-c4ccccc4)cc3)nn2)CC1)Nc1cc(C(F)(F)F)ccc1Cl. The number of anilines is 1. The van der Waals surface area contributed by atoms with Gasteiger partial charge < -0.3 is 10.2 Å². The third-order valence-corrected chi connectivity index (χ3v) is 6.88. The van der Waals surface area contributed by atoms with E-state index in [2.05, 4.69) is 15.6 Å². The molecule has 2 heterocycles. The number of hydrogen-bond donors (Lipinski definition) is 1. The van der Waals surface area contributed by atoms with Crippen LogP contribution in [-0.4, -0.2) is 69.5 Å². The van der Waals surface area contributed by atoms with Gasteiger partial charge in [-0.05, 0) is 29.3 Å². The van der Waals surface area contributed by atoms with Crippen molar-refractivity contribution in [3.8, 4) is 22.4 Å². The standard InChI is InChI=1S/C28H24ClF3N6O2/c29-23-11-10-22(28(30,31)32)16-24(23)33-26(39)18-36-12-14-37(15-13-36)27(40)38-17-25(34-35-38)21-8-6-20(7-9-21)19-4-2-1-3-5-19/h1-11,16-17H,12-15,18H2,(H,33,39). The van der Waals surface area contributed by atoms with Crippen molar-refractivity contribution >= 4 is 29.2 Å². The first-order valence-electron chi connectivity index (χ1n) is 12.4. The summed E-state index contributed by atoms with van der Waals surface area (Å²) in [5, 5.41) is 10.6. The minimum Gasteiger partial charge on any atom is -0.324 e. The van der Waals surface area contributed by atoms with Crippen LogP contribution in [0.4, 0.5) is 23.7 Å². The van der Waals surface area contributed by atoms with Crippen molar-refractivity contribution in [1.29, 1.82) is 0 Å². The van der Waals surface area contributed by atoms with E-state index in [1.165, 1.54) is 4.68 Å². The van der Waals surface area contributed by atoms with E-state index < -0.39 is 17.6 Å². The van der Waals surface area contributed by atoms with Crippen LogP contribution >= 0.6 is 11.6 Å². The maximum Gasteiger partial charge on any atom is 0.416 e. The zero-order chi connectivity index (χ0) is 28.3. The van der Waals surface area contributed by atoms with Crippen LogP contribution in [0.3, 0.4) is 0 Å². The van der Waals surface area contributed by atoms with E-state index in [0.29, 0.717) is 31.9 Å². The second kappa shape index (κ2) is 11.5. The van der Waals surface area contributed by atoms with E-state index in [1.54, 1.807) is 11.1 Å². The zero-order valence-electron chi connectivity index (χ0n) is 21.1. The minimum absolute atomic E-state index is 0.0103. The maximum absolute atomic E-state index is 13.0. The Labute approximate surface area is 233 Å². The molecule has 1 aromatic heterocycles. The monoisotopic (exact) mass is 568 g/mol. The van der Waals surface area contributed by atoms with Gasteiger partial charge in [-0.15, -0.1) is 5.10 Å². The van der Waals surface area contributed by atoms with Crippen molar-refractivity contribution in [2.24, 2.45) is 0 Å². The highest BCUT2D eigenvalue weighted by atomic mass is 35.5. The first-order chi connectivity index (χ1) is 19.2. The number of halogens is 4. The predicted octanol–water partition coefficient (Wildman–Crippen LogP) is 5.51. The number of carbonyl (C=O) groups is 2. The molecule has 0 bridgehead atoms. The molecular formula is C28H24ClF3N6O2. The molecular weight excluding hydrogens is 545 g/mol. The third kappa shape index (κ3) is 6.32. The lowest BCUT2D eigenvalue weighted by atomic mass is 10.0. The summed E-state index contributed by atoms with van der Waals surface area (Å²) in [7, 11) is 0. The Morgan fingerprint density at radius 3 is 2.20 bits per heavy atom. The Morgan fingerprint density at radius 2 is 1.52 bits per heavy atom. The largest absolute Gasteiger partial charge is 0.416 e. The Morgan fingerprint density at radius 1 is 0.875 bits per heavy atom. The van der Waals surface area contributed by atoms with Crippen molar-refractivity contribution in [2.75, 3.05) is 38.0 Å². The molecule has 5 rings (SSSR count). The average molecular weight is 569 g/mol. The molecule has 206 valence electrons. The lowest BCUT2D eigenvalue weighted by Gasteiger charge is -2.33. The van der Waals surface area contributed by atoms with Crippen molar-refractivity contribution in [3.63, 3.8) is 0 Å². The summed E-state index contributed by atoms with van der Waals surface area (Å²) < 4.78 is 40.2. The molecule has 1 fully saturated rings. The molecule has 0 saturated carbocycles. The van der Waals surface area contributed by atoms with Gasteiger partial charge in [0.2, 0.25) is 5.91 Å². The van der Waals surface area contributed by atoms with Gasteiger partial charge >= 0.3 is 12.2 Å². The van der Waals surface area contributed by atoms with Gasteiger partial charge in [0.25, 0.3) is 0 Å². The Balaban J connectivity index is 1.14. The van der Waals surface area contributed by atoms with Crippen LogP contribution in [-0.2, 0) is 11.0 Å². The Hall–Kier alpha value is -4.22. The highest BCUT2D eigenvalue weighted by Gasteiger charge is 2.31. The van der Waals surface area contributed by atoms with Crippen LogP contribution in [0.2, 0.25) is 5.02 Å². The van der Waals surface area contributed by atoms with Crippen LogP contribution in [0.25, 0.3) is 22.4 Å². The molecule has 8 nitrogen and oxygen atoms in total. The fraction of sp³-hybridized carbons (Fsp3) is 0.214. The summed E-state index contributed by atoms with van der Waals surface area (Å²) in [6.45, 7) is 1.44. The molecule has 0 atom stereocenters. The summed E-state index contributed by atoms with van der Waals surface area (Å²) in [6.07, 6.45) is -2.97. The van der Waals surface area contributed by atoms with Crippen molar-refractivity contribution < 1.29 is 22.8 Å². The number of nitrogens with one attached hydrogen (secondary N) is 1. The number of rotatable bonds is 5. The summed E-state index contributed by atoms with van der Waals surface area (Å²) in [6, 6.07) is 20.2. The molecule has 4 aromatic rings. The van der Waals surface area contributed by atoms with E-state index in [4.69, 9.17) is 11.6 Å². The number of carbonyl (C=O) groups excluding carboxylic acids is 2.